The van der Waals surface area contributed by atoms with Crippen molar-refractivity contribution in [2.24, 2.45) is 11.8 Å². The van der Waals surface area contributed by atoms with E-state index < -0.39 is 0 Å². The summed E-state index contributed by atoms with van der Waals surface area (Å²) in [5, 5.41) is 3.14. The van der Waals surface area contributed by atoms with Gasteiger partial charge in [0.25, 0.3) is 0 Å². The summed E-state index contributed by atoms with van der Waals surface area (Å²) >= 11 is 0. The minimum absolute atomic E-state index is 0.429. The first-order valence-corrected chi connectivity index (χ1v) is 8.17. The molecule has 0 bridgehead atoms. The van der Waals surface area contributed by atoms with E-state index in [2.05, 4.69) is 31.3 Å². The lowest BCUT2D eigenvalue weighted by atomic mass is 9.80. The largest absolute Gasteiger partial charge is 0.491 e. The van der Waals surface area contributed by atoms with E-state index in [1.165, 1.54) is 24.8 Å². The third-order valence-electron chi connectivity index (χ3n) is 4.56. The molecule has 1 fully saturated rings. The van der Waals surface area contributed by atoms with E-state index in [4.69, 9.17) is 9.47 Å². The zero-order chi connectivity index (χ0) is 15.1. The van der Waals surface area contributed by atoms with Crippen molar-refractivity contribution in [1.82, 2.24) is 5.32 Å². The number of rotatable bonds is 7. The average Bonchev–Trinajstić information content (AvgIpc) is 2.49. The molecule has 2 rings (SSSR count). The summed E-state index contributed by atoms with van der Waals surface area (Å²) in [5.74, 6) is 2.55. The van der Waals surface area contributed by atoms with Crippen LogP contribution in [0.4, 0.5) is 0 Å². The van der Waals surface area contributed by atoms with Crippen molar-refractivity contribution in [3.63, 3.8) is 0 Å². The number of benzene rings is 1. The molecule has 1 aromatic rings. The SMILES string of the molecule is CNCc1ccc(OCCOC2CCC(C)C(C)C2)cc1. The average molecular weight is 291 g/mol. The van der Waals surface area contributed by atoms with Crippen molar-refractivity contribution < 1.29 is 9.47 Å². The second-order valence-electron chi connectivity index (χ2n) is 6.28. The lowest BCUT2D eigenvalue weighted by Crippen LogP contribution is -2.28. The standard InChI is InChI=1S/C18H29NO2/c1-14-4-7-18(12-15(14)2)21-11-10-20-17-8-5-16(6-9-17)13-19-3/h5-6,8-9,14-15,18-19H,4,7,10-13H2,1-3H3. The fourth-order valence-corrected chi connectivity index (χ4v) is 2.93. The van der Waals surface area contributed by atoms with Crippen LogP contribution in [0.1, 0.15) is 38.7 Å². The van der Waals surface area contributed by atoms with Gasteiger partial charge in [0.05, 0.1) is 12.7 Å². The highest BCUT2D eigenvalue weighted by Crippen LogP contribution is 2.30. The smallest absolute Gasteiger partial charge is 0.119 e. The van der Waals surface area contributed by atoms with Crippen molar-refractivity contribution in [3.05, 3.63) is 29.8 Å². The maximum Gasteiger partial charge on any atom is 0.119 e. The van der Waals surface area contributed by atoms with Crippen LogP contribution < -0.4 is 10.1 Å². The van der Waals surface area contributed by atoms with Gasteiger partial charge in [-0.1, -0.05) is 26.0 Å². The highest BCUT2D eigenvalue weighted by molar-refractivity contribution is 5.27. The van der Waals surface area contributed by atoms with Gasteiger partial charge in [0.15, 0.2) is 0 Å². The molecule has 0 spiro atoms. The van der Waals surface area contributed by atoms with Crippen molar-refractivity contribution in [1.29, 1.82) is 0 Å². The number of hydrogen-bond donors (Lipinski definition) is 1. The molecule has 3 atom stereocenters. The van der Waals surface area contributed by atoms with Crippen molar-refractivity contribution in [2.45, 2.75) is 45.8 Å². The molecule has 0 aliphatic heterocycles. The highest BCUT2D eigenvalue weighted by atomic mass is 16.5. The third-order valence-corrected chi connectivity index (χ3v) is 4.56. The number of hydrogen-bond acceptors (Lipinski definition) is 3. The summed E-state index contributed by atoms with van der Waals surface area (Å²) < 4.78 is 11.7. The Hall–Kier alpha value is -1.06. The molecule has 1 aromatic carbocycles. The summed E-state index contributed by atoms with van der Waals surface area (Å²) in [7, 11) is 1.95. The fraction of sp³-hybridized carbons (Fsp3) is 0.667. The minimum Gasteiger partial charge on any atom is -0.491 e. The van der Waals surface area contributed by atoms with Crippen molar-refractivity contribution in [2.75, 3.05) is 20.3 Å². The summed E-state index contributed by atoms with van der Waals surface area (Å²) in [4.78, 5) is 0. The molecule has 0 heterocycles. The lowest BCUT2D eigenvalue weighted by Gasteiger charge is -2.31. The molecule has 1 N–H and O–H groups in total. The van der Waals surface area contributed by atoms with Gasteiger partial charge in [0.1, 0.15) is 12.4 Å². The maximum atomic E-state index is 5.95. The van der Waals surface area contributed by atoms with E-state index in [-0.39, 0.29) is 0 Å². The molecule has 1 saturated carbocycles. The van der Waals surface area contributed by atoms with Gasteiger partial charge in [-0.3, -0.25) is 0 Å². The molecular formula is C18H29NO2. The number of nitrogens with one attached hydrogen (secondary N) is 1. The van der Waals surface area contributed by atoms with E-state index in [0.717, 1.165) is 24.1 Å². The van der Waals surface area contributed by atoms with Crippen LogP contribution in [0.25, 0.3) is 0 Å². The topological polar surface area (TPSA) is 30.5 Å². The second kappa shape index (κ2) is 8.40. The van der Waals surface area contributed by atoms with Crippen LogP contribution in [0.3, 0.4) is 0 Å². The van der Waals surface area contributed by atoms with Crippen molar-refractivity contribution >= 4 is 0 Å². The zero-order valence-corrected chi connectivity index (χ0v) is 13.6. The van der Waals surface area contributed by atoms with Gasteiger partial charge in [-0.05, 0) is 55.8 Å². The Morgan fingerprint density at radius 1 is 1.05 bits per heavy atom. The lowest BCUT2D eigenvalue weighted by molar-refractivity contribution is -0.00908. The van der Waals surface area contributed by atoms with Crippen LogP contribution in [-0.2, 0) is 11.3 Å². The van der Waals surface area contributed by atoms with E-state index in [0.29, 0.717) is 19.3 Å². The van der Waals surface area contributed by atoms with Crippen LogP contribution in [0.15, 0.2) is 24.3 Å². The highest BCUT2D eigenvalue weighted by Gasteiger charge is 2.24. The quantitative estimate of drug-likeness (QED) is 0.778. The molecule has 21 heavy (non-hydrogen) atoms. The summed E-state index contributed by atoms with van der Waals surface area (Å²) in [5.41, 5.74) is 1.27. The van der Waals surface area contributed by atoms with Crippen molar-refractivity contribution in [3.8, 4) is 5.75 Å². The van der Waals surface area contributed by atoms with Crippen LogP contribution >= 0.6 is 0 Å². The normalized spacial score (nSPS) is 25.8. The van der Waals surface area contributed by atoms with Gasteiger partial charge in [-0.25, -0.2) is 0 Å². The Balaban J connectivity index is 1.63. The molecular weight excluding hydrogens is 262 g/mol. The predicted molar refractivity (Wildman–Crippen MR) is 86.6 cm³/mol. The van der Waals surface area contributed by atoms with Gasteiger partial charge in [-0.2, -0.15) is 0 Å². The molecule has 0 amide bonds. The van der Waals surface area contributed by atoms with E-state index >= 15 is 0 Å². The fourth-order valence-electron chi connectivity index (χ4n) is 2.93. The molecule has 3 heteroatoms. The zero-order valence-electron chi connectivity index (χ0n) is 13.6. The summed E-state index contributed by atoms with van der Waals surface area (Å²) in [6, 6.07) is 8.24. The third kappa shape index (κ3) is 5.33. The molecule has 1 aliphatic rings. The van der Waals surface area contributed by atoms with E-state index in [1.807, 2.05) is 19.2 Å². The van der Waals surface area contributed by atoms with Crippen LogP contribution in [0.2, 0.25) is 0 Å². The van der Waals surface area contributed by atoms with Gasteiger partial charge < -0.3 is 14.8 Å². The first-order chi connectivity index (χ1) is 10.2. The minimum atomic E-state index is 0.429. The Labute approximate surface area is 129 Å². The maximum absolute atomic E-state index is 5.95. The van der Waals surface area contributed by atoms with Gasteiger partial charge in [0.2, 0.25) is 0 Å². The van der Waals surface area contributed by atoms with E-state index in [9.17, 15) is 0 Å². The molecule has 0 radical (unpaired) electrons. The monoisotopic (exact) mass is 291 g/mol. The molecule has 1 aliphatic carbocycles. The second-order valence-corrected chi connectivity index (χ2v) is 6.28. The molecule has 0 saturated heterocycles. The Bertz CT molecular complexity index is 404. The Kier molecular flexibility index (Phi) is 6.52. The molecule has 3 nitrogen and oxygen atoms in total. The molecule has 0 aromatic heterocycles. The van der Waals surface area contributed by atoms with Crippen LogP contribution in [-0.4, -0.2) is 26.4 Å². The van der Waals surface area contributed by atoms with Gasteiger partial charge in [0, 0.05) is 6.54 Å². The summed E-state index contributed by atoms with van der Waals surface area (Å²) in [6.07, 6.45) is 4.11. The first kappa shape index (κ1) is 16.3. The number of ether oxygens (including phenoxy) is 2. The summed E-state index contributed by atoms with van der Waals surface area (Å²) in [6.45, 7) is 6.89. The van der Waals surface area contributed by atoms with Gasteiger partial charge >= 0.3 is 0 Å². The Morgan fingerprint density at radius 2 is 1.81 bits per heavy atom. The molecule has 118 valence electrons. The van der Waals surface area contributed by atoms with E-state index in [1.54, 1.807) is 0 Å². The molecule has 3 unspecified atom stereocenters. The predicted octanol–water partition coefficient (Wildman–Crippen LogP) is 3.63. The first-order valence-electron chi connectivity index (χ1n) is 8.17. The Morgan fingerprint density at radius 3 is 2.48 bits per heavy atom. The van der Waals surface area contributed by atoms with Crippen LogP contribution in [0, 0.1) is 11.8 Å². The van der Waals surface area contributed by atoms with Crippen LogP contribution in [0.5, 0.6) is 5.75 Å². The van der Waals surface area contributed by atoms with Gasteiger partial charge in [-0.15, -0.1) is 0 Å².